The molecule has 0 bridgehead atoms. The molecule has 0 aliphatic carbocycles. The normalized spacial score (nSPS) is 10.3. The van der Waals surface area contributed by atoms with Crippen LogP contribution in [0.2, 0.25) is 0 Å². The molecule has 1 rings (SSSR count). The van der Waals surface area contributed by atoms with Crippen molar-refractivity contribution in [1.82, 2.24) is 4.98 Å². The molecule has 0 radical (unpaired) electrons. The highest BCUT2D eigenvalue weighted by molar-refractivity contribution is 5.34. The first kappa shape index (κ1) is 10.5. The number of pyridine rings is 1. The van der Waals surface area contributed by atoms with E-state index in [4.69, 9.17) is 10.4 Å². The van der Waals surface area contributed by atoms with E-state index in [-0.39, 0.29) is 0 Å². The van der Waals surface area contributed by atoms with Gasteiger partial charge in [-0.2, -0.15) is 5.26 Å². The maximum atomic E-state index is 13.1. The van der Waals surface area contributed by atoms with Crippen LogP contribution in [-0.2, 0) is 6.61 Å². The molecule has 0 saturated carbocycles. The van der Waals surface area contributed by atoms with Gasteiger partial charge >= 0.3 is 0 Å². The van der Waals surface area contributed by atoms with Crippen LogP contribution in [0.5, 0.6) is 0 Å². The summed E-state index contributed by atoms with van der Waals surface area (Å²) in [6.45, 7) is -0.886. The summed E-state index contributed by atoms with van der Waals surface area (Å²) < 4.78 is 37.6. The van der Waals surface area contributed by atoms with Crippen LogP contribution < -0.4 is 0 Å². The van der Waals surface area contributed by atoms with Gasteiger partial charge in [-0.3, -0.25) is 0 Å². The molecule has 74 valence electrons. The predicted molar refractivity (Wildman–Crippen MR) is 39.8 cm³/mol. The van der Waals surface area contributed by atoms with Crippen LogP contribution in [0, 0.1) is 17.1 Å². The molecule has 0 aliphatic rings. The maximum absolute atomic E-state index is 13.1. The lowest BCUT2D eigenvalue weighted by Crippen LogP contribution is -2.03. The van der Waals surface area contributed by atoms with E-state index in [0.29, 0.717) is 6.20 Å². The van der Waals surface area contributed by atoms with Crippen molar-refractivity contribution < 1.29 is 18.3 Å². The molecular formula is C8H5F3N2O. The average molecular weight is 202 g/mol. The van der Waals surface area contributed by atoms with Crippen LogP contribution in [0.4, 0.5) is 13.2 Å². The second-order valence-corrected chi connectivity index (χ2v) is 2.43. The Kier molecular flexibility index (Phi) is 3.04. The van der Waals surface area contributed by atoms with Gasteiger partial charge in [-0.25, -0.2) is 18.2 Å². The molecule has 0 spiro atoms. The van der Waals surface area contributed by atoms with E-state index >= 15 is 0 Å². The second-order valence-electron chi connectivity index (χ2n) is 2.43. The minimum Gasteiger partial charge on any atom is -0.392 e. The molecule has 0 aliphatic heterocycles. The zero-order valence-electron chi connectivity index (χ0n) is 6.84. The molecule has 0 saturated heterocycles. The standard InChI is InChI=1S/C8H5F3N2O/c9-7-5(3-14)4(8(10)11)2-13-6(7)1-12/h2,8,14H,3H2. The molecule has 6 heteroatoms. The second kappa shape index (κ2) is 4.07. The number of nitrogens with zero attached hydrogens (tertiary/aromatic N) is 2. The highest BCUT2D eigenvalue weighted by Gasteiger charge is 2.19. The summed E-state index contributed by atoms with van der Waals surface area (Å²) in [5.74, 6) is -1.19. The van der Waals surface area contributed by atoms with E-state index in [1.807, 2.05) is 0 Å². The molecular weight excluding hydrogens is 197 g/mol. The molecule has 0 amide bonds. The van der Waals surface area contributed by atoms with E-state index in [9.17, 15) is 13.2 Å². The van der Waals surface area contributed by atoms with Crippen LogP contribution in [-0.4, -0.2) is 10.1 Å². The van der Waals surface area contributed by atoms with Gasteiger partial charge in [0, 0.05) is 17.3 Å². The number of alkyl halides is 2. The van der Waals surface area contributed by atoms with E-state index < -0.39 is 35.7 Å². The van der Waals surface area contributed by atoms with Crippen molar-refractivity contribution in [2.75, 3.05) is 0 Å². The third-order valence-electron chi connectivity index (χ3n) is 1.65. The lowest BCUT2D eigenvalue weighted by molar-refractivity contribution is 0.145. The summed E-state index contributed by atoms with van der Waals surface area (Å²) >= 11 is 0. The first-order chi connectivity index (χ1) is 6.61. The number of halogens is 3. The number of hydrogen-bond donors (Lipinski definition) is 1. The van der Waals surface area contributed by atoms with Gasteiger partial charge in [-0.15, -0.1) is 0 Å². The van der Waals surface area contributed by atoms with Crippen molar-refractivity contribution in [3.05, 3.63) is 28.8 Å². The van der Waals surface area contributed by atoms with E-state index in [1.165, 1.54) is 6.07 Å². The van der Waals surface area contributed by atoms with Crippen LogP contribution in [0.25, 0.3) is 0 Å². The quantitative estimate of drug-likeness (QED) is 0.790. The van der Waals surface area contributed by atoms with Gasteiger partial charge in [0.05, 0.1) is 6.61 Å². The van der Waals surface area contributed by atoms with Gasteiger partial charge in [0.25, 0.3) is 6.43 Å². The van der Waals surface area contributed by atoms with Crippen LogP contribution >= 0.6 is 0 Å². The minimum atomic E-state index is -2.92. The largest absolute Gasteiger partial charge is 0.392 e. The Bertz CT molecular complexity index is 387. The summed E-state index contributed by atoms with van der Waals surface area (Å²) in [5, 5.41) is 17.0. The van der Waals surface area contributed by atoms with Crippen LogP contribution in [0.1, 0.15) is 23.2 Å². The van der Waals surface area contributed by atoms with Gasteiger partial charge in [0.2, 0.25) is 0 Å². The van der Waals surface area contributed by atoms with Crippen LogP contribution in [0.15, 0.2) is 6.20 Å². The highest BCUT2D eigenvalue weighted by Crippen LogP contribution is 2.25. The number of nitriles is 1. The van der Waals surface area contributed by atoms with Gasteiger partial charge < -0.3 is 5.11 Å². The Morgan fingerprint density at radius 1 is 1.57 bits per heavy atom. The SMILES string of the molecule is N#Cc1ncc(C(F)F)c(CO)c1F. The van der Waals surface area contributed by atoms with Crippen molar-refractivity contribution in [3.63, 3.8) is 0 Å². The molecule has 0 unspecified atom stereocenters. The zero-order chi connectivity index (χ0) is 10.7. The summed E-state index contributed by atoms with van der Waals surface area (Å²) in [6.07, 6.45) is -2.23. The predicted octanol–water partition coefficient (Wildman–Crippen LogP) is 1.52. The summed E-state index contributed by atoms with van der Waals surface area (Å²) in [5.41, 5.74) is -1.87. The Morgan fingerprint density at radius 3 is 2.64 bits per heavy atom. The molecule has 0 aromatic carbocycles. The molecule has 0 fully saturated rings. The summed E-state index contributed by atoms with van der Waals surface area (Å²) in [4.78, 5) is 3.20. The fraction of sp³-hybridized carbons (Fsp3) is 0.250. The third-order valence-corrected chi connectivity index (χ3v) is 1.65. The Labute approximate surface area is 77.4 Å². The summed E-state index contributed by atoms with van der Waals surface area (Å²) in [6, 6.07) is 1.39. The maximum Gasteiger partial charge on any atom is 0.265 e. The van der Waals surface area contributed by atoms with E-state index in [0.717, 1.165) is 0 Å². The summed E-state index contributed by atoms with van der Waals surface area (Å²) in [7, 11) is 0. The fourth-order valence-electron chi connectivity index (χ4n) is 0.965. The molecule has 3 nitrogen and oxygen atoms in total. The number of aliphatic hydroxyl groups is 1. The lowest BCUT2D eigenvalue weighted by atomic mass is 10.1. The van der Waals surface area contributed by atoms with Gasteiger partial charge in [-0.1, -0.05) is 0 Å². The van der Waals surface area contributed by atoms with E-state index in [1.54, 1.807) is 0 Å². The van der Waals surface area contributed by atoms with Gasteiger partial charge in [0.15, 0.2) is 11.5 Å². The topological polar surface area (TPSA) is 56.9 Å². The van der Waals surface area contributed by atoms with Gasteiger partial charge in [-0.05, 0) is 0 Å². The number of aliphatic hydroxyl groups excluding tert-OH is 1. The monoisotopic (exact) mass is 202 g/mol. The molecule has 1 heterocycles. The molecule has 1 aromatic heterocycles. The van der Waals surface area contributed by atoms with Crippen molar-refractivity contribution in [2.24, 2.45) is 0 Å². The highest BCUT2D eigenvalue weighted by atomic mass is 19.3. The number of rotatable bonds is 2. The van der Waals surface area contributed by atoms with Crippen LogP contribution in [0.3, 0.4) is 0 Å². The number of hydrogen-bond acceptors (Lipinski definition) is 3. The minimum absolute atomic E-state index is 0.577. The first-order valence-electron chi connectivity index (χ1n) is 3.58. The van der Waals surface area contributed by atoms with Gasteiger partial charge in [0.1, 0.15) is 6.07 Å². The van der Waals surface area contributed by atoms with Crippen molar-refractivity contribution in [3.8, 4) is 6.07 Å². The smallest absolute Gasteiger partial charge is 0.265 e. The Hall–Kier alpha value is -1.61. The number of aromatic nitrogens is 1. The average Bonchev–Trinajstić information content (AvgIpc) is 2.17. The fourth-order valence-corrected chi connectivity index (χ4v) is 0.965. The van der Waals surface area contributed by atoms with E-state index in [2.05, 4.69) is 4.98 Å². The Morgan fingerprint density at radius 2 is 2.21 bits per heavy atom. The lowest BCUT2D eigenvalue weighted by Gasteiger charge is -2.07. The van der Waals surface area contributed by atoms with Crippen molar-refractivity contribution in [1.29, 1.82) is 5.26 Å². The van der Waals surface area contributed by atoms with Crippen molar-refractivity contribution in [2.45, 2.75) is 13.0 Å². The first-order valence-corrected chi connectivity index (χ1v) is 3.58. The molecule has 1 aromatic rings. The zero-order valence-corrected chi connectivity index (χ0v) is 6.84. The molecule has 14 heavy (non-hydrogen) atoms. The Balaban J connectivity index is 3.38. The molecule has 0 atom stereocenters. The van der Waals surface area contributed by atoms with Crippen molar-refractivity contribution >= 4 is 0 Å². The molecule has 1 N–H and O–H groups in total. The third kappa shape index (κ3) is 1.67.